The second-order valence-electron chi connectivity index (χ2n) is 7.12. The van der Waals surface area contributed by atoms with Gasteiger partial charge in [0.15, 0.2) is 10.8 Å². The van der Waals surface area contributed by atoms with Crippen molar-refractivity contribution in [1.82, 2.24) is 15.2 Å². The normalized spacial score (nSPS) is 21.8. The molecule has 16 heteroatoms. The fourth-order valence-electron chi connectivity index (χ4n) is 3.33. The molecule has 0 spiro atoms. The van der Waals surface area contributed by atoms with Crippen molar-refractivity contribution in [2.24, 2.45) is 5.16 Å². The Morgan fingerprint density at radius 1 is 1.42 bits per heavy atom. The van der Waals surface area contributed by atoms with E-state index in [9.17, 15) is 19.2 Å². The Kier molecular flexibility index (Phi) is 7.72. The largest absolute Gasteiger partial charge is 0.511 e. The first-order valence-electron chi connectivity index (χ1n) is 11.8. The summed E-state index contributed by atoms with van der Waals surface area (Å²) >= 11 is 2.23. The monoisotopic (exact) mass is 546 g/mol. The molecule has 14 nitrogen and oxygen atoms in total. The van der Waals surface area contributed by atoms with Crippen molar-refractivity contribution < 1.29 is 47.1 Å². The van der Waals surface area contributed by atoms with E-state index in [1.807, 2.05) is 0 Å². The van der Waals surface area contributed by atoms with Crippen LogP contribution in [0.15, 0.2) is 21.8 Å². The molecule has 0 saturated carbocycles. The van der Waals surface area contributed by atoms with Crippen LogP contribution in [0.1, 0.15) is 23.7 Å². The molecule has 3 atom stereocenters. The highest BCUT2D eigenvalue weighted by molar-refractivity contribution is 8.00. The Hall–Kier alpha value is -3.37. The van der Waals surface area contributed by atoms with E-state index >= 15 is 0 Å². The number of aromatic nitrogens is 1. The number of rotatable bonds is 10. The SMILES string of the molecule is [2H]C([2H])([2H])O/N=C(\C(=O)N[C@@H]1C(=O)N2C(C(=O)OC(C)OC(=O)OCC)=C(COC)CS[C@H]12)c1csc(N)n1. The molecule has 1 aromatic rings. The standard InChI is InChI=1S/C20H25N5O9S2/c1-5-32-20(29)34-9(2)33-18(28)14-10(6-30-3)7-35-17-13(16(27)25(14)17)23-15(26)12(24-31-4)11-8-36-19(21)22-11/h8-9,13,17H,5-7H2,1-4H3,(H2,21,22)(H,23,26)/b24-12-/t9?,13-,17-/m1/s1/i4D3. The number of carbonyl (C=O) groups excluding carboxylic acids is 4. The number of ether oxygens (including phenoxy) is 4. The number of oxime groups is 1. The third kappa shape index (κ3) is 5.88. The summed E-state index contributed by atoms with van der Waals surface area (Å²) in [5, 5.41) is 6.63. The predicted molar refractivity (Wildman–Crippen MR) is 128 cm³/mol. The Labute approximate surface area is 218 Å². The summed E-state index contributed by atoms with van der Waals surface area (Å²) in [6.07, 6.45) is -2.36. The lowest BCUT2D eigenvalue weighted by Gasteiger charge is -2.49. The van der Waals surface area contributed by atoms with Crippen LogP contribution in [-0.2, 0) is 38.2 Å². The fraction of sp³-hybridized carbons (Fsp3) is 0.500. The molecule has 1 aromatic heterocycles. The number of hydrogen-bond acceptors (Lipinski definition) is 14. The van der Waals surface area contributed by atoms with Crippen molar-refractivity contribution in [1.29, 1.82) is 0 Å². The smallest absolute Gasteiger partial charge is 0.435 e. The quantitative estimate of drug-likeness (QED) is 0.136. The number of methoxy groups -OCH3 is 1. The number of fused-ring (bicyclic) bond motifs is 1. The lowest BCUT2D eigenvalue weighted by molar-refractivity contribution is -0.169. The highest BCUT2D eigenvalue weighted by Crippen LogP contribution is 2.41. The summed E-state index contributed by atoms with van der Waals surface area (Å²) in [5.74, 6) is -2.31. The molecule has 36 heavy (non-hydrogen) atoms. The number of hydrogen-bond donors (Lipinski definition) is 2. The van der Waals surface area contributed by atoms with Crippen LogP contribution in [0.3, 0.4) is 0 Å². The number of nitrogens with one attached hydrogen (secondary N) is 1. The van der Waals surface area contributed by atoms with Crippen LogP contribution in [0.25, 0.3) is 0 Å². The molecule has 3 rings (SSSR count). The van der Waals surface area contributed by atoms with Gasteiger partial charge in [-0.2, -0.15) is 0 Å². The maximum absolute atomic E-state index is 13.1. The van der Waals surface area contributed by atoms with E-state index in [1.54, 1.807) is 6.92 Å². The lowest BCUT2D eigenvalue weighted by atomic mass is 10.0. The molecule has 0 radical (unpaired) electrons. The maximum atomic E-state index is 13.1. The van der Waals surface area contributed by atoms with Crippen molar-refractivity contribution in [2.75, 3.05) is 38.8 Å². The molecule has 2 aliphatic heterocycles. The number of anilines is 1. The summed E-state index contributed by atoms with van der Waals surface area (Å²) in [6, 6.07) is -1.11. The van der Waals surface area contributed by atoms with Crippen LogP contribution in [0.5, 0.6) is 0 Å². The molecule has 2 aliphatic rings. The van der Waals surface area contributed by atoms with E-state index < -0.39 is 54.4 Å². The molecule has 0 bridgehead atoms. The van der Waals surface area contributed by atoms with Gasteiger partial charge in [0.1, 0.15) is 29.8 Å². The first-order chi connectivity index (χ1) is 18.4. The molecule has 1 saturated heterocycles. The van der Waals surface area contributed by atoms with Crippen molar-refractivity contribution in [3.05, 3.63) is 22.3 Å². The Bertz CT molecular complexity index is 1190. The number of β-lactam (4-membered cyclic amide) rings is 1. The van der Waals surface area contributed by atoms with E-state index in [0.717, 1.165) is 16.2 Å². The van der Waals surface area contributed by atoms with Crippen molar-refractivity contribution in [3.8, 4) is 0 Å². The van der Waals surface area contributed by atoms with Gasteiger partial charge >= 0.3 is 12.1 Å². The van der Waals surface area contributed by atoms with Gasteiger partial charge in [-0.1, -0.05) is 5.16 Å². The van der Waals surface area contributed by atoms with Gasteiger partial charge in [-0.3, -0.25) is 14.5 Å². The van der Waals surface area contributed by atoms with Crippen molar-refractivity contribution in [2.45, 2.75) is 31.6 Å². The average Bonchev–Trinajstić information content (AvgIpc) is 3.27. The number of amides is 2. The number of nitrogens with two attached hydrogens (primary N) is 1. The summed E-state index contributed by atoms with van der Waals surface area (Å²) in [7, 11) is -1.53. The predicted octanol–water partition coefficient (Wildman–Crippen LogP) is 0.439. The van der Waals surface area contributed by atoms with E-state index in [1.165, 1.54) is 31.2 Å². The van der Waals surface area contributed by atoms with Gasteiger partial charge in [-0.15, -0.1) is 23.1 Å². The zero-order chi connectivity index (χ0) is 28.9. The Morgan fingerprint density at radius 2 is 2.19 bits per heavy atom. The van der Waals surface area contributed by atoms with Gasteiger partial charge in [0.25, 0.3) is 11.8 Å². The lowest BCUT2D eigenvalue weighted by Crippen LogP contribution is -2.71. The summed E-state index contributed by atoms with van der Waals surface area (Å²) in [4.78, 5) is 60.2. The van der Waals surface area contributed by atoms with E-state index in [4.69, 9.17) is 24.1 Å². The van der Waals surface area contributed by atoms with Crippen molar-refractivity contribution in [3.63, 3.8) is 0 Å². The van der Waals surface area contributed by atoms with Gasteiger partial charge < -0.3 is 34.8 Å². The molecular weight excluding hydrogens is 518 g/mol. The highest BCUT2D eigenvalue weighted by Gasteiger charge is 2.55. The van der Waals surface area contributed by atoms with Crippen LogP contribution in [0, 0.1) is 0 Å². The molecule has 2 amide bonds. The van der Waals surface area contributed by atoms with Gasteiger partial charge in [0, 0.05) is 25.2 Å². The van der Waals surface area contributed by atoms with Crippen molar-refractivity contribution >= 4 is 57.9 Å². The van der Waals surface area contributed by atoms with Gasteiger partial charge in [-0.05, 0) is 12.5 Å². The van der Waals surface area contributed by atoms with E-state index in [2.05, 4.69) is 25.0 Å². The molecular formula is C20H25N5O9S2. The summed E-state index contributed by atoms with van der Waals surface area (Å²) in [5.41, 5.74) is 5.38. The Balaban J connectivity index is 1.78. The number of carbonyl (C=O) groups is 4. The van der Waals surface area contributed by atoms with Gasteiger partial charge in [-0.25, -0.2) is 14.6 Å². The molecule has 0 aliphatic carbocycles. The minimum atomic E-state index is -2.94. The van der Waals surface area contributed by atoms with E-state index in [0.29, 0.717) is 5.57 Å². The number of nitrogens with zero attached hydrogens (tertiary/aromatic N) is 3. The van der Waals surface area contributed by atoms with Crippen LogP contribution in [0.4, 0.5) is 9.93 Å². The minimum absolute atomic E-state index is 0.00654. The molecule has 1 unspecified atom stereocenters. The number of thioether (sulfide) groups is 1. The van der Waals surface area contributed by atoms with Crippen LogP contribution in [0.2, 0.25) is 0 Å². The van der Waals surface area contributed by atoms with Gasteiger partial charge in [0.05, 0.1) is 17.3 Å². The third-order valence-electron chi connectivity index (χ3n) is 4.76. The molecule has 3 heterocycles. The second kappa shape index (κ2) is 12.0. The molecule has 1 fully saturated rings. The number of esters is 1. The second-order valence-corrected chi connectivity index (χ2v) is 9.12. The topological polar surface area (TPSA) is 181 Å². The number of thiazole rings is 1. The third-order valence-corrected chi connectivity index (χ3v) is 6.77. The fourth-order valence-corrected chi connectivity index (χ4v) is 5.21. The zero-order valence-electron chi connectivity index (χ0n) is 22.3. The molecule has 0 aromatic carbocycles. The average molecular weight is 547 g/mol. The highest BCUT2D eigenvalue weighted by atomic mass is 32.2. The molecule has 196 valence electrons. The summed E-state index contributed by atoms with van der Waals surface area (Å²) < 4.78 is 41.3. The maximum Gasteiger partial charge on any atom is 0.511 e. The molecule has 3 N–H and O–H groups in total. The van der Waals surface area contributed by atoms with Crippen LogP contribution < -0.4 is 11.1 Å². The minimum Gasteiger partial charge on any atom is -0.435 e. The van der Waals surface area contributed by atoms with Crippen LogP contribution in [-0.4, -0.2) is 90.4 Å². The van der Waals surface area contributed by atoms with Gasteiger partial charge in [0.2, 0.25) is 6.29 Å². The zero-order valence-corrected chi connectivity index (χ0v) is 21.0. The first kappa shape index (κ1) is 23.1. The van der Waals surface area contributed by atoms with Crippen LogP contribution >= 0.6 is 23.1 Å². The Morgan fingerprint density at radius 3 is 2.83 bits per heavy atom. The number of nitrogen functional groups attached to an aromatic ring is 1. The summed E-state index contributed by atoms with van der Waals surface area (Å²) in [6.45, 7) is 2.94. The first-order valence-corrected chi connectivity index (χ1v) is 12.3. The van der Waals surface area contributed by atoms with E-state index in [-0.39, 0.29) is 35.5 Å².